The van der Waals surface area contributed by atoms with Gasteiger partial charge in [-0.15, -0.1) is 11.3 Å². The van der Waals surface area contributed by atoms with E-state index >= 15 is 0 Å². The van der Waals surface area contributed by atoms with Crippen molar-refractivity contribution in [2.75, 3.05) is 13.2 Å². The third kappa shape index (κ3) is 3.85. The lowest BCUT2D eigenvalue weighted by Gasteiger charge is -2.26. The smallest absolute Gasteiger partial charge is 0.332 e. The van der Waals surface area contributed by atoms with Gasteiger partial charge in [-0.2, -0.15) is 0 Å². The fourth-order valence-electron chi connectivity index (χ4n) is 4.24. The molecule has 0 spiro atoms. The fourth-order valence-corrected chi connectivity index (χ4v) is 5.69. The molecule has 1 atom stereocenters. The lowest BCUT2D eigenvalue weighted by Crippen LogP contribution is -2.42. The molecule has 8 heteroatoms. The van der Waals surface area contributed by atoms with E-state index in [0.29, 0.717) is 10.2 Å². The number of carbonyl (C=O) groups is 1. The summed E-state index contributed by atoms with van der Waals surface area (Å²) in [6, 6.07) is 9.50. The Hall–Kier alpha value is -2.71. The highest BCUT2D eigenvalue weighted by atomic mass is 32.1. The van der Waals surface area contributed by atoms with Crippen LogP contribution in [0.4, 0.5) is 0 Å². The van der Waals surface area contributed by atoms with Crippen molar-refractivity contribution < 1.29 is 9.53 Å². The molecular weight excluding hydrogens is 414 g/mol. The van der Waals surface area contributed by atoms with Gasteiger partial charge in [0, 0.05) is 31.1 Å². The summed E-state index contributed by atoms with van der Waals surface area (Å²) in [5, 5.41) is 0.581. The summed E-state index contributed by atoms with van der Waals surface area (Å²) >= 11 is 1.45. The van der Waals surface area contributed by atoms with Crippen LogP contribution in [0.25, 0.3) is 10.2 Å². The number of fused-ring (bicyclic) bond motifs is 3. The summed E-state index contributed by atoms with van der Waals surface area (Å²) in [5.41, 5.74) is 1.54. The van der Waals surface area contributed by atoms with Crippen molar-refractivity contribution in [2.45, 2.75) is 52.9 Å². The molecule has 0 saturated heterocycles. The number of nitrogens with zero attached hydrogens (tertiary/aromatic N) is 3. The minimum atomic E-state index is -0.797. The highest BCUT2D eigenvalue weighted by Crippen LogP contribution is 2.34. The average Bonchev–Trinajstić information content (AvgIpc) is 3.13. The van der Waals surface area contributed by atoms with E-state index in [-0.39, 0.29) is 18.7 Å². The van der Waals surface area contributed by atoms with Crippen molar-refractivity contribution in [1.82, 2.24) is 14.0 Å². The number of hydrogen-bond acceptors (Lipinski definition) is 6. The van der Waals surface area contributed by atoms with Gasteiger partial charge in [-0.05, 0) is 38.3 Å². The Morgan fingerprint density at radius 1 is 1.19 bits per heavy atom. The number of hydrogen-bond donors (Lipinski definition) is 0. The molecule has 31 heavy (non-hydrogen) atoms. The molecular formula is C23H27N3O4S. The average molecular weight is 442 g/mol. The molecule has 2 aromatic heterocycles. The predicted molar refractivity (Wildman–Crippen MR) is 122 cm³/mol. The second-order valence-electron chi connectivity index (χ2n) is 7.76. The summed E-state index contributed by atoms with van der Waals surface area (Å²) in [7, 11) is 0. The van der Waals surface area contributed by atoms with Crippen LogP contribution in [0.3, 0.4) is 0 Å². The Morgan fingerprint density at radius 2 is 1.94 bits per heavy atom. The van der Waals surface area contributed by atoms with E-state index in [0.717, 1.165) is 36.5 Å². The van der Waals surface area contributed by atoms with Crippen LogP contribution in [0.5, 0.6) is 0 Å². The number of benzene rings is 1. The molecule has 7 nitrogen and oxygen atoms in total. The first-order valence-corrected chi connectivity index (χ1v) is 11.5. The molecule has 4 rings (SSSR count). The zero-order chi connectivity index (χ0) is 22.1. The van der Waals surface area contributed by atoms with Crippen LogP contribution in [-0.4, -0.2) is 33.2 Å². The summed E-state index contributed by atoms with van der Waals surface area (Å²) in [4.78, 5) is 42.8. The lowest BCUT2D eigenvalue weighted by molar-refractivity contribution is -0.146. The predicted octanol–water partition coefficient (Wildman–Crippen LogP) is 2.93. The summed E-state index contributed by atoms with van der Waals surface area (Å²) < 4.78 is 7.83. The first-order chi connectivity index (χ1) is 15.0. The van der Waals surface area contributed by atoms with E-state index in [1.807, 2.05) is 18.2 Å². The van der Waals surface area contributed by atoms with Gasteiger partial charge in [0.1, 0.15) is 10.9 Å². The molecule has 0 amide bonds. The molecule has 0 N–H and O–H groups in total. The zero-order valence-electron chi connectivity index (χ0n) is 18.1. The largest absolute Gasteiger partial charge is 0.464 e. The molecule has 1 aromatic carbocycles. The van der Waals surface area contributed by atoms with Gasteiger partial charge in [0.15, 0.2) is 0 Å². The third-order valence-electron chi connectivity index (χ3n) is 5.81. The summed E-state index contributed by atoms with van der Waals surface area (Å²) in [6.07, 6.45) is 0.743. The van der Waals surface area contributed by atoms with Gasteiger partial charge in [0.05, 0.1) is 12.0 Å². The molecule has 0 saturated carbocycles. The van der Waals surface area contributed by atoms with Gasteiger partial charge in [-0.3, -0.25) is 18.8 Å². The molecule has 0 radical (unpaired) electrons. The maximum Gasteiger partial charge on any atom is 0.332 e. The minimum Gasteiger partial charge on any atom is -0.464 e. The lowest BCUT2D eigenvalue weighted by atomic mass is 10.0. The molecule has 3 heterocycles. The number of carbonyl (C=O) groups excluding carboxylic acids is 1. The molecule has 3 aromatic rings. The molecule has 164 valence electrons. The van der Waals surface area contributed by atoms with Crippen LogP contribution < -0.4 is 11.2 Å². The molecule has 1 aliphatic rings. The van der Waals surface area contributed by atoms with Gasteiger partial charge in [0.2, 0.25) is 0 Å². The van der Waals surface area contributed by atoms with Crippen molar-refractivity contribution in [3.8, 4) is 0 Å². The van der Waals surface area contributed by atoms with Crippen molar-refractivity contribution >= 4 is 27.5 Å². The van der Waals surface area contributed by atoms with Crippen LogP contribution in [0.1, 0.15) is 42.8 Å². The zero-order valence-corrected chi connectivity index (χ0v) is 18.9. The third-order valence-corrected chi connectivity index (χ3v) is 7.03. The Bertz CT molecular complexity index is 1230. The SMILES string of the molecule is CCOC(=O)[C@@H](C)n1c(=O)n(CC)c(=O)c2c3c(sc21)CN(Cc1ccccc1)CC3. The first kappa shape index (κ1) is 21.5. The Labute approximate surface area is 184 Å². The quantitative estimate of drug-likeness (QED) is 0.550. The Kier molecular flexibility index (Phi) is 6.11. The van der Waals surface area contributed by atoms with E-state index in [1.54, 1.807) is 20.8 Å². The number of esters is 1. The topological polar surface area (TPSA) is 73.5 Å². The van der Waals surface area contributed by atoms with E-state index in [9.17, 15) is 14.4 Å². The van der Waals surface area contributed by atoms with E-state index in [2.05, 4.69) is 17.0 Å². The molecule has 0 fully saturated rings. The van der Waals surface area contributed by atoms with Gasteiger partial charge in [0.25, 0.3) is 5.56 Å². The fraction of sp³-hybridized carbons (Fsp3) is 0.435. The first-order valence-electron chi connectivity index (χ1n) is 10.7. The number of ether oxygens (including phenoxy) is 1. The summed E-state index contributed by atoms with van der Waals surface area (Å²) in [6.45, 7) is 8.06. The van der Waals surface area contributed by atoms with Crippen LogP contribution in [0.2, 0.25) is 0 Å². The van der Waals surface area contributed by atoms with Crippen molar-refractivity contribution in [1.29, 1.82) is 0 Å². The maximum absolute atomic E-state index is 13.2. The van der Waals surface area contributed by atoms with Crippen molar-refractivity contribution in [3.63, 3.8) is 0 Å². The van der Waals surface area contributed by atoms with Crippen molar-refractivity contribution in [3.05, 3.63) is 67.2 Å². The molecule has 0 unspecified atom stereocenters. The summed E-state index contributed by atoms with van der Waals surface area (Å²) in [5.74, 6) is -0.468. The standard InChI is InChI=1S/C23H27N3O4S/c1-4-25-20(27)19-17-11-12-24(13-16-9-7-6-8-10-16)14-18(17)31-21(19)26(23(25)29)15(3)22(28)30-5-2/h6-10,15H,4-5,11-14H2,1-3H3/t15-/m1/s1. The van der Waals surface area contributed by atoms with Crippen LogP contribution in [0, 0.1) is 0 Å². The van der Waals surface area contributed by atoms with Gasteiger partial charge < -0.3 is 4.74 Å². The Morgan fingerprint density at radius 3 is 2.61 bits per heavy atom. The number of aromatic nitrogens is 2. The maximum atomic E-state index is 13.2. The molecule has 1 aliphatic heterocycles. The van der Waals surface area contributed by atoms with E-state index in [4.69, 9.17) is 4.74 Å². The van der Waals surface area contributed by atoms with Gasteiger partial charge in [-0.25, -0.2) is 9.59 Å². The van der Waals surface area contributed by atoms with Crippen LogP contribution >= 0.6 is 11.3 Å². The highest BCUT2D eigenvalue weighted by Gasteiger charge is 2.29. The van der Waals surface area contributed by atoms with Gasteiger partial charge in [-0.1, -0.05) is 30.3 Å². The minimum absolute atomic E-state index is 0.240. The monoisotopic (exact) mass is 441 g/mol. The van der Waals surface area contributed by atoms with E-state index < -0.39 is 17.7 Å². The van der Waals surface area contributed by atoms with Crippen LogP contribution in [0.15, 0.2) is 39.9 Å². The molecule has 0 bridgehead atoms. The number of rotatable bonds is 6. The second kappa shape index (κ2) is 8.80. The van der Waals surface area contributed by atoms with Crippen molar-refractivity contribution in [2.24, 2.45) is 0 Å². The Balaban J connectivity index is 1.81. The van der Waals surface area contributed by atoms with Gasteiger partial charge >= 0.3 is 11.7 Å². The highest BCUT2D eigenvalue weighted by molar-refractivity contribution is 7.18. The molecule has 0 aliphatic carbocycles. The normalized spacial score (nSPS) is 15.1. The van der Waals surface area contributed by atoms with E-state index in [1.165, 1.54) is 26.0 Å². The van der Waals surface area contributed by atoms with Crippen LogP contribution in [-0.2, 0) is 35.6 Å². The number of thiophene rings is 1. The second-order valence-corrected chi connectivity index (χ2v) is 8.84.